The molecule has 4 nitrogen and oxygen atoms in total. The van der Waals surface area contributed by atoms with Crippen LogP contribution in [0.15, 0.2) is 24.3 Å². The maximum atomic E-state index is 12.0. The number of hydrogen-bond donors (Lipinski definition) is 3. The van der Waals surface area contributed by atoms with Crippen LogP contribution in [0, 0.1) is 0 Å². The highest BCUT2D eigenvalue weighted by Gasteiger charge is 2.15. The van der Waals surface area contributed by atoms with Crippen molar-refractivity contribution in [3.63, 3.8) is 0 Å². The Morgan fingerprint density at radius 1 is 1.29 bits per heavy atom. The van der Waals surface area contributed by atoms with Gasteiger partial charge >= 0.3 is 9.46 Å². The average Bonchev–Trinajstić information content (AvgIpc) is 2.46. The molecule has 0 aromatic heterocycles. The van der Waals surface area contributed by atoms with Crippen molar-refractivity contribution in [2.75, 3.05) is 19.6 Å². The minimum atomic E-state index is -2.83. The number of nitrogens with one attached hydrogen (secondary N) is 2. The molecule has 2 rings (SSSR count). The van der Waals surface area contributed by atoms with E-state index in [1.165, 1.54) is 12.1 Å². The first-order valence-electron chi connectivity index (χ1n) is 6.82. The Balaban J connectivity index is 0. The summed E-state index contributed by atoms with van der Waals surface area (Å²) in [4.78, 5) is 0. The molecule has 7 heteroatoms. The Morgan fingerprint density at radius 2 is 1.90 bits per heavy atom. The highest BCUT2D eigenvalue weighted by molar-refractivity contribution is 5.85. The molecule has 3 N–H and O–H groups in total. The quantitative estimate of drug-likeness (QED) is 0.751. The zero-order valence-electron chi connectivity index (χ0n) is 13.6. The maximum Gasteiger partial charge on any atom is 1.00 e. The minimum absolute atomic E-state index is 0. The van der Waals surface area contributed by atoms with Crippen LogP contribution in [0.2, 0.25) is 0 Å². The molecule has 21 heavy (non-hydrogen) atoms. The Labute approximate surface area is 132 Å². The molecule has 1 saturated heterocycles. The fourth-order valence-electron chi connectivity index (χ4n) is 2.29. The van der Waals surface area contributed by atoms with Crippen LogP contribution in [-0.4, -0.2) is 37.4 Å². The molecule has 0 amide bonds. The van der Waals surface area contributed by atoms with Crippen LogP contribution in [0.3, 0.4) is 0 Å². The van der Waals surface area contributed by atoms with E-state index in [0.29, 0.717) is 18.2 Å². The monoisotopic (exact) mass is 324 g/mol. The van der Waals surface area contributed by atoms with Crippen LogP contribution in [-0.2, 0) is 0 Å². The summed E-state index contributed by atoms with van der Waals surface area (Å²) in [5, 5.41) is 16.7. The lowest BCUT2D eigenvalue weighted by Gasteiger charge is -2.25. The lowest BCUT2D eigenvalue weighted by atomic mass is 10.1. The van der Waals surface area contributed by atoms with Gasteiger partial charge in [0.25, 0.3) is 0 Å². The van der Waals surface area contributed by atoms with E-state index >= 15 is 0 Å². The van der Waals surface area contributed by atoms with E-state index in [4.69, 9.17) is 0 Å². The van der Waals surface area contributed by atoms with Gasteiger partial charge in [0.05, 0.1) is 6.10 Å². The van der Waals surface area contributed by atoms with Gasteiger partial charge in [-0.1, -0.05) is 12.1 Å². The molecule has 0 spiro atoms. The van der Waals surface area contributed by atoms with Crippen molar-refractivity contribution in [3.05, 3.63) is 29.8 Å². The summed E-state index contributed by atoms with van der Waals surface area (Å²) in [5.41, 5.74) is 0.688. The van der Waals surface area contributed by atoms with Gasteiger partial charge in [-0.05, 0) is 43.6 Å². The van der Waals surface area contributed by atoms with Crippen molar-refractivity contribution in [2.24, 2.45) is 0 Å². The summed E-state index contributed by atoms with van der Waals surface area (Å²) in [7, 11) is 0. The number of alkyl halides is 2. The molecule has 0 aliphatic carbocycles. The summed E-state index contributed by atoms with van der Waals surface area (Å²) in [6.07, 6.45) is 1.45. The van der Waals surface area contributed by atoms with Crippen molar-refractivity contribution in [1.29, 1.82) is 0 Å². The zero-order valence-corrected chi connectivity index (χ0v) is 12.4. The third kappa shape index (κ3) is 6.13. The van der Waals surface area contributed by atoms with Gasteiger partial charge in [0.1, 0.15) is 5.75 Å². The standard InChI is InChI=1S/C14H20F2N2O2.ClH/c15-14(16)20-12-3-1-10(2-4-12)13(19)9-18-11-5-7-17-8-6-11;/h1-4,11,13-14,17-19H,5-9H2;1H/p+2. The predicted octanol–water partition coefficient (Wildman–Crippen LogP) is 2.31. The largest absolute Gasteiger partial charge is 1.00 e. The second kappa shape index (κ2) is 9.15. The van der Waals surface area contributed by atoms with Crippen LogP contribution in [0.25, 0.3) is 0 Å². The van der Waals surface area contributed by atoms with Gasteiger partial charge in [-0.3, -0.25) is 0 Å². The van der Waals surface area contributed by atoms with Crippen LogP contribution >= 0.6 is 12.4 Å². The molecule has 1 heterocycles. The molecule has 1 fully saturated rings. The van der Waals surface area contributed by atoms with Crippen LogP contribution in [0.1, 0.15) is 27.4 Å². The Hall–Kier alpha value is -0.950. The highest BCUT2D eigenvalue weighted by atomic mass is 35.5. The minimum Gasteiger partial charge on any atom is -0.435 e. The summed E-state index contributed by atoms with van der Waals surface area (Å²) in [6.45, 7) is -0.382. The first-order valence-corrected chi connectivity index (χ1v) is 6.82. The molecular weight excluding hydrogens is 302 g/mol. The fraction of sp³-hybridized carbons (Fsp3) is 0.571. The number of halogens is 3. The van der Waals surface area contributed by atoms with Crippen LogP contribution in [0.5, 0.6) is 5.75 Å². The number of ether oxygens (including phenoxy) is 1. The summed E-state index contributed by atoms with van der Waals surface area (Å²) < 4.78 is 28.3. The summed E-state index contributed by atoms with van der Waals surface area (Å²) in [5.74, 6) is 0.0993. The Kier molecular flexibility index (Phi) is 7.88. The number of aliphatic hydroxyl groups is 1. The third-order valence-electron chi connectivity index (χ3n) is 3.43. The molecule has 120 valence electrons. The summed E-state index contributed by atoms with van der Waals surface area (Å²) >= 11 is 0. The van der Waals surface area contributed by atoms with Crippen molar-refractivity contribution in [1.82, 2.24) is 10.6 Å². The first-order chi connectivity index (χ1) is 9.65. The van der Waals surface area contributed by atoms with Crippen molar-refractivity contribution in [2.45, 2.75) is 31.6 Å². The van der Waals surface area contributed by atoms with E-state index in [2.05, 4.69) is 15.4 Å². The van der Waals surface area contributed by atoms with Gasteiger partial charge in [0.15, 0.2) is 0 Å². The number of hydrogen-bond acceptors (Lipinski definition) is 4. The first kappa shape index (κ1) is 18.1. The van der Waals surface area contributed by atoms with Gasteiger partial charge < -0.3 is 20.5 Å². The smallest absolute Gasteiger partial charge is 0.435 e. The van der Waals surface area contributed by atoms with Gasteiger partial charge in [0, 0.05) is 12.6 Å². The maximum absolute atomic E-state index is 12.0. The summed E-state index contributed by atoms with van der Waals surface area (Å²) in [6, 6.07) is 6.51. The lowest BCUT2D eigenvalue weighted by Crippen LogP contribution is -2.41. The van der Waals surface area contributed by atoms with Gasteiger partial charge in [-0.25, -0.2) is 0 Å². The second-order valence-electron chi connectivity index (χ2n) is 4.90. The second-order valence-corrected chi connectivity index (χ2v) is 4.90. The third-order valence-corrected chi connectivity index (χ3v) is 3.43. The van der Waals surface area contributed by atoms with Crippen molar-refractivity contribution >= 4 is 12.4 Å². The molecule has 0 saturated carbocycles. The van der Waals surface area contributed by atoms with Gasteiger partial charge in [-0.2, -0.15) is 8.78 Å². The number of piperidine rings is 1. The molecule has 0 radical (unpaired) electrons. The van der Waals surface area contributed by atoms with Crippen LogP contribution < -0.4 is 15.4 Å². The molecule has 1 aliphatic rings. The topological polar surface area (TPSA) is 53.5 Å². The van der Waals surface area contributed by atoms with Crippen molar-refractivity contribution in [3.8, 4) is 5.75 Å². The number of aliphatic hydroxyl groups excluding tert-OH is 1. The molecule has 1 aromatic carbocycles. The average molecular weight is 325 g/mol. The van der Waals surface area contributed by atoms with E-state index in [1.807, 2.05) is 0 Å². The van der Waals surface area contributed by atoms with Crippen LogP contribution in [0.4, 0.5) is 8.78 Å². The molecule has 1 aliphatic heterocycles. The Bertz CT molecular complexity index is 410. The van der Waals surface area contributed by atoms with Gasteiger partial charge in [0.2, 0.25) is 0 Å². The van der Waals surface area contributed by atoms with E-state index in [0.717, 1.165) is 25.9 Å². The van der Waals surface area contributed by atoms with E-state index in [1.54, 1.807) is 12.1 Å². The fourth-order valence-corrected chi connectivity index (χ4v) is 2.29. The SMILES string of the molecule is Cl.OC(CNC1CCNCC1)c1ccc(OC(F)F)cc1.[H+].[H+]. The zero-order chi connectivity index (χ0) is 14.4. The number of benzene rings is 1. The van der Waals surface area contributed by atoms with E-state index in [-0.39, 0.29) is 21.0 Å². The molecule has 0 bridgehead atoms. The molecule has 1 aromatic rings. The molecule has 1 unspecified atom stereocenters. The molecular formula is C14H23ClF2N2O2+2. The Morgan fingerprint density at radius 3 is 2.48 bits per heavy atom. The molecule has 1 atom stereocenters. The van der Waals surface area contributed by atoms with Gasteiger partial charge in [-0.15, -0.1) is 12.4 Å². The van der Waals surface area contributed by atoms with E-state index in [9.17, 15) is 13.9 Å². The predicted molar refractivity (Wildman–Crippen MR) is 81.4 cm³/mol. The normalized spacial score (nSPS) is 17.3. The van der Waals surface area contributed by atoms with Crippen molar-refractivity contribution < 1.29 is 21.5 Å². The highest BCUT2D eigenvalue weighted by Crippen LogP contribution is 2.19. The lowest BCUT2D eigenvalue weighted by molar-refractivity contribution is -0.0498. The number of rotatable bonds is 6. The van der Waals surface area contributed by atoms with E-state index < -0.39 is 12.7 Å².